The van der Waals surface area contributed by atoms with E-state index in [1.165, 1.54) is 25.3 Å². The highest BCUT2D eigenvalue weighted by molar-refractivity contribution is 5.86. The van der Waals surface area contributed by atoms with Gasteiger partial charge in [0, 0.05) is 30.7 Å². The molecule has 1 aromatic rings. The van der Waals surface area contributed by atoms with Crippen molar-refractivity contribution in [3.8, 4) is 5.75 Å². The Balaban J connectivity index is 2.17. The molecule has 1 saturated heterocycles. The molecule has 0 unspecified atom stereocenters. The third-order valence-electron chi connectivity index (χ3n) is 3.74. The molecule has 2 rings (SSSR count). The summed E-state index contributed by atoms with van der Waals surface area (Å²) >= 11 is 0. The third-order valence-corrected chi connectivity index (χ3v) is 3.74. The maximum absolute atomic E-state index is 12.0. The van der Waals surface area contributed by atoms with Gasteiger partial charge in [-0.3, -0.25) is 14.9 Å². The molecule has 0 aromatic heterocycles. The van der Waals surface area contributed by atoms with Crippen LogP contribution >= 0.6 is 0 Å². The molecule has 1 aromatic carbocycles. The molecule has 1 aliphatic rings. The molecule has 1 heterocycles. The Morgan fingerprint density at radius 1 is 1.54 bits per heavy atom. The number of carboxylic acid groups (broad SMARTS) is 1. The molecule has 1 fully saturated rings. The lowest BCUT2D eigenvalue weighted by molar-refractivity contribution is -0.384. The zero-order valence-electron chi connectivity index (χ0n) is 13.1. The quantitative estimate of drug-likeness (QED) is 0.558. The van der Waals surface area contributed by atoms with Crippen molar-refractivity contribution in [1.82, 2.24) is 5.32 Å². The lowest BCUT2D eigenvalue weighted by atomic mass is 10.0. The summed E-state index contributed by atoms with van der Waals surface area (Å²) in [6, 6.07) is 2.67. The number of rotatable bonds is 7. The van der Waals surface area contributed by atoms with Gasteiger partial charge in [0.15, 0.2) is 0 Å². The van der Waals surface area contributed by atoms with Crippen molar-refractivity contribution in [3.63, 3.8) is 0 Å². The molecule has 9 nitrogen and oxygen atoms in total. The van der Waals surface area contributed by atoms with Gasteiger partial charge < -0.3 is 19.9 Å². The van der Waals surface area contributed by atoms with Crippen molar-refractivity contribution in [2.75, 3.05) is 13.7 Å². The smallest absolute Gasteiger partial charge is 0.326 e. The van der Waals surface area contributed by atoms with Gasteiger partial charge in [0.2, 0.25) is 5.91 Å². The number of nitrogens with one attached hydrogen (secondary N) is 1. The van der Waals surface area contributed by atoms with Crippen LogP contribution in [0.4, 0.5) is 5.69 Å². The summed E-state index contributed by atoms with van der Waals surface area (Å²) in [6.07, 6.45) is 0.490. The average Bonchev–Trinajstić information content (AvgIpc) is 3.08. The standard InChI is InChI=1S/C15H18N2O7/c1-23-12-5-4-10(17(21)22)7-9(12)8-11(15(19)20)16-14(18)13-3-2-6-24-13/h4-5,7,11,13H,2-3,6,8H2,1H3,(H,16,18)(H,19,20)/t11-,13-/m0/s1. The number of nitro groups is 1. The molecule has 1 amide bonds. The van der Waals surface area contributed by atoms with Gasteiger partial charge in [-0.1, -0.05) is 0 Å². The molecule has 24 heavy (non-hydrogen) atoms. The molecule has 0 aliphatic carbocycles. The number of carboxylic acids is 1. The minimum atomic E-state index is -1.24. The van der Waals surface area contributed by atoms with Crippen LogP contribution in [0.25, 0.3) is 0 Å². The highest BCUT2D eigenvalue weighted by Gasteiger charge is 2.29. The molecule has 130 valence electrons. The monoisotopic (exact) mass is 338 g/mol. The number of carbonyl (C=O) groups excluding carboxylic acids is 1. The van der Waals surface area contributed by atoms with Crippen molar-refractivity contribution in [1.29, 1.82) is 0 Å². The highest BCUT2D eigenvalue weighted by Crippen LogP contribution is 2.25. The summed E-state index contributed by atoms with van der Waals surface area (Å²) in [6.45, 7) is 0.467. The van der Waals surface area contributed by atoms with Crippen molar-refractivity contribution >= 4 is 17.6 Å². The van der Waals surface area contributed by atoms with E-state index >= 15 is 0 Å². The first-order valence-corrected chi connectivity index (χ1v) is 7.38. The van der Waals surface area contributed by atoms with Crippen LogP contribution in [0.15, 0.2) is 18.2 Å². The Labute approximate surface area is 137 Å². The van der Waals surface area contributed by atoms with E-state index in [4.69, 9.17) is 9.47 Å². The number of hydrogen-bond donors (Lipinski definition) is 2. The minimum absolute atomic E-state index is 0.140. The second-order valence-corrected chi connectivity index (χ2v) is 5.36. The summed E-state index contributed by atoms with van der Waals surface area (Å²) in [5.41, 5.74) is 0.145. The lowest BCUT2D eigenvalue weighted by Gasteiger charge is -2.18. The lowest BCUT2D eigenvalue weighted by Crippen LogP contribution is -2.46. The normalized spacial score (nSPS) is 18.0. The van der Waals surface area contributed by atoms with Gasteiger partial charge in [0.25, 0.3) is 5.69 Å². The zero-order chi connectivity index (χ0) is 17.7. The third kappa shape index (κ3) is 4.19. The molecule has 0 saturated carbocycles. The van der Waals surface area contributed by atoms with Crippen LogP contribution in [0.5, 0.6) is 5.75 Å². The number of carbonyl (C=O) groups is 2. The molecular weight excluding hydrogens is 320 g/mol. The Hall–Kier alpha value is -2.68. The van der Waals surface area contributed by atoms with Gasteiger partial charge in [-0.2, -0.15) is 0 Å². The number of nitrogens with zero attached hydrogens (tertiary/aromatic N) is 1. The van der Waals surface area contributed by atoms with Crippen LogP contribution in [0.3, 0.4) is 0 Å². The number of amides is 1. The first-order chi connectivity index (χ1) is 11.4. The fourth-order valence-electron chi connectivity index (χ4n) is 2.51. The van der Waals surface area contributed by atoms with E-state index in [1.807, 2.05) is 0 Å². The molecule has 2 atom stereocenters. The highest BCUT2D eigenvalue weighted by atomic mass is 16.6. The summed E-state index contributed by atoms with van der Waals surface area (Å²) < 4.78 is 10.3. The maximum atomic E-state index is 12.0. The van der Waals surface area contributed by atoms with E-state index < -0.39 is 28.9 Å². The van der Waals surface area contributed by atoms with Crippen molar-refractivity contribution in [2.45, 2.75) is 31.4 Å². The summed E-state index contributed by atoms with van der Waals surface area (Å²) in [5, 5.41) is 22.6. The number of non-ortho nitro benzene ring substituents is 1. The molecule has 0 spiro atoms. The fraction of sp³-hybridized carbons (Fsp3) is 0.467. The Bertz CT molecular complexity index is 641. The van der Waals surface area contributed by atoms with E-state index in [2.05, 4.69) is 5.32 Å². The van der Waals surface area contributed by atoms with Gasteiger partial charge >= 0.3 is 5.97 Å². The largest absolute Gasteiger partial charge is 0.496 e. The molecule has 0 radical (unpaired) electrons. The first-order valence-electron chi connectivity index (χ1n) is 7.38. The molecule has 0 bridgehead atoms. The van der Waals surface area contributed by atoms with Crippen LogP contribution in [0.1, 0.15) is 18.4 Å². The maximum Gasteiger partial charge on any atom is 0.326 e. The van der Waals surface area contributed by atoms with Gasteiger partial charge in [-0.25, -0.2) is 4.79 Å². The predicted octanol–water partition coefficient (Wildman–Crippen LogP) is 0.894. The Kier molecular flexibility index (Phi) is 5.69. The van der Waals surface area contributed by atoms with E-state index in [1.54, 1.807) is 0 Å². The number of benzene rings is 1. The molecular formula is C15H18N2O7. The molecule has 1 aliphatic heterocycles. The SMILES string of the molecule is COc1ccc([N+](=O)[O-])cc1C[C@H](NC(=O)[C@@H]1CCCO1)C(=O)O. The van der Waals surface area contributed by atoms with E-state index in [9.17, 15) is 24.8 Å². The predicted molar refractivity (Wildman–Crippen MR) is 81.9 cm³/mol. The number of ether oxygens (including phenoxy) is 2. The van der Waals surface area contributed by atoms with Crippen molar-refractivity contribution < 1.29 is 29.1 Å². The number of aliphatic carboxylic acids is 1. The first kappa shape index (κ1) is 17.7. The summed E-state index contributed by atoms with van der Waals surface area (Å²) in [5.74, 6) is -1.42. The van der Waals surface area contributed by atoms with E-state index in [0.717, 1.165) is 6.42 Å². The van der Waals surface area contributed by atoms with E-state index in [-0.39, 0.29) is 12.1 Å². The van der Waals surface area contributed by atoms with Crippen molar-refractivity contribution in [2.24, 2.45) is 0 Å². The minimum Gasteiger partial charge on any atom is -0.496 e. The van der Waals surface area contributed by atoms with Gasteiger partial charge in [0.1, 0.15) is 17.9 Å². The average molecular weight is 338 g/mol. The van der Waals surface area contributed by atoms with Gasteiger partial charge in [0.05, 0.1) is 12.0 Å². The topological polar surface area (TPSA) is 128 Å². The molecule has 2 N–H and O–H groups in total. The zero-order valence-corrected chi connectivity index (χ0v) is 13.1. The van der Waals surface area contributed by atoms with Crippen LogP contribution in [-0.4, -0.2) is 47.8 Å². The second kappa shape index (κ2) is 7.73. The number of methoxy groups -OCH3 is 1. The number of hydrogen-bond acceptors (Lipinski definition) is 6. The van der Waals surface area contributed by atoms with Crippen molar-refractivity contribution in [3.05, 3.63) is 33.9 Å². The molecule has 9 heteroatoms. The van der Waals surface area contributed by atoms with Gasteiger partial charge in [-0.05, 0) is 18.9 Å². The van der Waals surface area contributed by atoms with E-state index in [0.29, 0.717) is 24.3 Å². The second-order valence-electron chi connectivity index (χ2n) is 5.36. The number of nitro benzene ring substituents is 1. The van der Waals surface area contributed by atoms with Crippen LogP contribution in [0, 0.1) is 10.1 Å². The Morgan fingerprint density at radius 2 is 2.29 bits per heavy atom. The Morgan fingerprint density at radius 3 is 2.83 bits per heavy atom. The summed E-state index contributed by atoms with van der Waals surface area (Å²) in [4.78, 5) is 33.8. The van der Waals surface area contributed by atoms with Crippen LogP contribution in [0.2, 0.25) is 0 Å². The van der Waals surface area contributed by atoms with Crippen LogP contribution < -0.4 is 10.1 Å². The van der Waals surface area contributed by atoms with Crippen LogP contribution in [-0.2, 0) is 20.7 Å². The van der Waals surface area contributed by atoms with Gasteiger partial charge in [-0.15, -0.1) is 0 Å². The summed E-state index contributed by atoms with van der Waals surface area (Å²) in [7, 11) is 1.38. The fourth-order valence-corrected chi connectivity index (χ4v) is 2.51.